The third-order valence-electron chi connectivity index (χ3n) is 4.42. The molecule has 1 fully saturated rings. The SMILES string of the molecule is CN=C(NCc1cccc(C(F)(F)F)c1)NCC1CN(C)CCN1C. The summed E-state index contributed by atoms with van der Waals surface area (Å²) in [6.07, 6.45) is -4.33. The number of nitrogens with one attached hydrogen (secondary N) is 2. The van der Waals surface area contributed by atoms with Gasteiger partial charge in [0.15, 0.2) is 5.96 Å². The van der Waals surface area contributed by atoms with Crippen LogP contribution in [-0.2, 0) is 12.7 Å². The molecule has 25 heavy (non-hydrogen) atoms. The van der Waals surface area contributed by atoms with Crippen LogP contribution in [0.4, 0.5) is 13.2 Å². The van der Waals surface area contributed by atoms with Crippen LogP contribution in [-0.4, -0.2) is 69.1 Å². The molecule has 1 heterocycles. The highest BCUT2D eigenvalue weighted by Crippen LogP contribution is 2.29. The normalized spacial score (nSPS) is 20.6. The maximum Gasteiger partial charge on any atom is 0.416 e. The van der Waals surface area contributed by atoms with Crippen LogP contribution in [0, 0.1) is 0 Å². The Morgan fingerprint density at radius 2 is 2.00 bits per heavy atom. The fourth-order valence-corrected chi connectivity index (χ4v) is 2.80. The minimum absolute atomic E-state index is 0.282. The van der Waals surface area contributed by atoms with E-state index in [0.717, 1.165) is 38.3 Å². The quantitative estimate of drug-likeness (QED) is 0.635. The zero-order chi connectivity index (χ0) is 18.4. The van der Waals surface area contributed by atoms with Crippen molar-refractivity contribution in [3.05, 3.63) is 35.4 Å². The molecule has 1 saturated heterocycles. The number of guanidine groups is 1. The second-order valence-electron chi connectivity index (χ2n) is 6.40. The van der Waals surface area contributed by atoms with Gasteiger partial charge in [-0.1, -0.05) is 12.1 Å². The van der Waals surface area contributed by atoms with Crippen molar-refractivity contribution < 1.29 is 13.2 Å². The molecule has 1 aromatic rings. The Balaban J connectivity index is 1.86. The molecule has 0 amide bonds. The van der Waals surface area contributed by atoms with Gasteiger partial charge in [-0.3, -0.25) is 9.89 Å². The molecule has 1 aliphatic heterocycles. The number of piperazine rings is 1. The van der Waals surface area contributed by atoms with Crippen LogP contribution in [0.2, 0.25) is 0 Å². The number of benzene rings is 1. The zero-order valence-electron chi connectivity index (χ0n) is 14.9. The van der Waals surface area contributed by atoms with Gasteiger partial charge < -0.3 is 15.5 Å². The summed E-state index contributed by atoms with van der Waals surface area (Å²) in [4.78, 5) is 8.72. The topological polar surface area (TPSA) is 42.9 Å². The van der Waals surface area contributed by atoms with Crippen molar-refractivity contribution in [1.82, 2.24) is 20.4 Å². The fourth-order valence-electron chi connectivity index (χ4n) is 2.80. The van der Waals surface area contributed by atoms with Gasteiger partial charge >= 0.3 is 6.18 Å². The van der Waals surface area contributed by atoms with Gasteiger partial charge in [0.25, 0.3) is 0 Å². The Labute approximate surface area is 146 Å². The molecule has 8 heteroatoms. The number of hydrogen-bond acceptors (Lipinski definition) is 3. The lowest BCUT2D eigenvalue weighted by atomic mass is 10.1. The monoisotopic (exact) mass is 357 g/mol. The molecule has 0 saturated carbocycles. The van der Waals surface area contributed by atoms with Crippen molar-refractivity contribution in [2.24, 2.45) is 4.99 Å². The van der Waals surface area contributed by atoms with Crippen LogP contribution < -0.4 is 10.6 Å². The molecule has 2 N–H and O–H groups in total. The summed E-state index contributed by atoms with van der Waals surface area (Å²) in [5.74, 6) is 0.582. The molecule has 140 valence electrons. The molecule has 1 atom stereocenters. The van der Waals surface area contributed by atoms with E-state index in [9.17, 15) is 13.2 Å². The van der Waals surface area contributed by atoms with Gasteiger partial charge in [-0.05, 0) is 31.8 Å². The number of likely N-dealkylation sites (N-methyl/N-ethyl adjacent to an activating group) is 2. The molecular weight excluding hydrogens is 331 g/mol. The number of aliphatic imine (C=N–C) groups is 1. The molecule has 2 rings (SSSR count). The van der Waals surface area contributed by atoms with E-state index in [0.29, 0.717) is 17.6 Å². The summed E-state index contributed by atoms with van der Waals surface area (Å²) in [5, 5.41) is 6.32. The average Bonchev–Trinajstić information content (AvgIpc) is 2.57. The van der Waals surface area contributed by atoms with E-state index in [1.165, 1.54) is 6.07 Å². The second kappa shape index (κ2) is 8.53. The largest absolute Gasteiger partial charge is 0.416 e. The van der Waals surface area contributed by atoms with Crippen LogP contribution in [0.5, 0.6) is 0 Å². The van der Waals surface area contributed by atoms with Crippen LogP contribution >= 0.6 is 0 Å². The third-order valence-corrected chi connectivity index (χ3v) is 4.42. The van der Waals surface area contributed by atoms with Crippen LogP contribution in [0.3, 0.4) is 0 Å². The first kappa shape index (κ1) is 19.5. The lowest BCUT2D eigenvalue weighted by Crippen LogP contribution is -2.55. The van der Waals surface area contributed by atoms with Crippen LogP contribution in [0.1, 0.15) is 11.1 Å². The van der Waals surface area contributed by atoms with Crippen LogP contribution in [0.25, 0.3) is 0 Å². The fraction of sp³-hybridized carbons (Fsp3) is 0.588. The maximum atomic E-state index is 12.8. The van der Waals surface area contributed by atoms with Gasteiger partial charge in [0, 0.05) is 45.8 Å². The summed E-state index contributed by atoms with van der Waals surface area (Å²) in [6, 6.07) is 5.68. The average molecular weight is 357 g/mol. The number of nitrogens with zero attached hydrogens (tertiary/aromatic N) is 3. The summed E-state index contributed by atoms with van der Waals surface area (Å²) in [6.45, 7) is 4.04. The molecule has 1 aromatic carbocycles. The van der Waals surface area contributed by atoms with Gasteiger partial charge in [0.1, 0.15) is 0 Å². The van der Waals surface area contributed by atoms with Crippen molar-refractivity contribution in [3.63, 3.8) is 0 Å². The second-order valence-corrected chi connectivity index (χ2v) is 6.40. The van der Waals surface area contributed by atoms with Crippen LogP contribution in [0.15, 0.2) is 29.3 Å². The minimum atomic E-state index is -4.33. The van der Waals surface area contributed by atoms with Gasteiger partial charge in [0.05, 0.1) is 5.56 Å². The van der Waals surface area contributed by atoms with E-state index in [1.54, 1.807) is 13.1 Å². The van der Waals surface area contributed by atoms with E-state index >= 15 is 0 Å². The Morgan fingerprint density at radius 1 is 1.24 bits per heavy atom. The summed E-state index contributed by atoms with van der Waals surface area (Å²) >= 11 is 0. The molecule has 0 aliphatic carbocycles. The maximum absolute atomic E-state index is 12.8. The number of alkyl halides is 3. The van der Waals surface area contributed by atoms with Crippen molar-refractivity contribution in [1.29, 1.82) is 0 Å². The lowest BCUT2D eigenvalue weighted by molar-refractivity contribution is -0.137. The van der Waals surface area contributed by atoms with Crippen molar-refractivity contribution >= 4 is 5.96 Å². The Morgan fingerprint density at radius 3 is 2.68 bits per heavy atom. The van der Waals surface area contributed by atoms with Gasteiger partial charge in [-0.2, -0.15) is 13.2 Å². The predicted molar refractivity (Wildman–Crippen MR) is 93.6 cm³/mol. The van der Waals surface area contributed by atoms with E-state index in [4.69, 9.17) is 0 Å². The Hall–Kier alpha value is -1.80. The first-order valence-corrected chi connectivity index (χ1v) is 8.29. The summed E-state index contributed by atoms with van der Waals surface area (Å²) < 4.78 is 38.3. The van der Waals surface area contributed by atoms with E-state index < -0.39 is 11.7 Å². The molecule has 5 nitrogen and oxygen atoms in total. The predicted octanol–water partition coefficient (Wildman–Crippen LogP) is 1.62. The summed E-state index contributed by atoms with van der Waals surface area (Å²) in [5.41, 5.74) is -0.0751. The highest BCUT2D eigenvalue weighted by Gasteiger charge is 2.30. The first-order valence-electron chi connectivity index (χ1n) is 8.29. The number of hydrogen-bond donors (Lipinski definition) is 2. The highest BCUT2D eigenvalue weighted by atomic mass is 19.4. The molecule has 0 bridgehead atoms. The van der Waals surface area contributed by atoms with Gasteiger partial charge in [-0.15, -0.1) is 0 Å². The number of rotatable bonds is 4. The van der Waals surface area contributed by atoms with Gasteiger partial charge in [0.2, 0.25) is 0 Å². The van der Waals surface area contributed by atoms with Crippen molar-refractivity contribution in [2.75, 3.05) is 47.3 Å². The Kier molecular flexibility index (Phi) is 6.66. The molecule has 0 radical (unpaired) electrons. The number of halogens is 3. The molecule has 0 aromatic heterocycles. The third kappa shape index (κ3) is 5.89. The molecule has 1 aliphatic rings. The van der Waals surface area contributed by atoms with Gasteiger partial charge in [-0.25, -0.2) is 0 Å². The van der Waals surface area contributed by atoms with E-state index in [2.05, 4.69) is 39.5 Å². The smallest absolute Gasteiger partial charge is 0.355 e. The zero-order valence-corrected chi connectivity index (χ0v) is 14.9. The minimum Gasteiger partial charge on any atom is -0.355 e. The molecule has 1 unspecified atom stereocenters. The van der Waals surface area contributed by atoms with E-state index in [-0.39, 0.29) is 6.54 Å². The van der Waals surface area contributed by atoms with E-state index in [1.807, 2.05) is 0 Å². The Bertz CT molecular complexity index is 588. The lowest BCUT2D eigenvalue weighted by Gasteiger charge is -2.37. The highest BCUT2D eigenvalue weighted by molar-refractivity contribution is 5.79. The molecule has 0 spiro atoms. The first-order chi connectivity index (χ1) is 11.8. The van der Waals surface area contributed by atoms with Crippen molar-refractivity contribution in [3.8, 4) is 0 Å². The molecular formula is C17H26F3N5. The summed E-state index contributed by atoms with van der Waals surface area (Å²) in [7, 11) is 5.84. The standard InChI is InChI=1S/C17H26F3N5/c1-21-16(23-11-15-12-24(2)7-8-25(15)3)22-10-13-5-4-6-14(9-13)17(18,19)20/h4-6,9,15H,7-8,10-12H2,1-3H3,(H2,21,22,23). The van der Waals surface area contributed by atoms with Crippen molar-refractivity contribution in [2.45, 2.75) is 18.8 Å².